The molecule has 0 saturated heterocycles. The summed E-state index contributed by atoms with van der Waals surface area (Å²) in [6.45, 7) is 4.50. The van der Waals surface area contributed by atoms with Gasteiger partial charge in [0.25, 0.3) is 0 Å². The fourth-order valence-electron chi connectivity index (χ4n) is 3.31. The van der Waals surface area contributed by atoms with Crippen molar-refractivity contribution in [3.8, 4) is 0 Å². The summed E-state index contributed by atoms with van der Waals surface area (Å²) in [7, 11) is 1.81. The van der Waals surface area contributed by atoms with E-state index in [0.29, 0.717) is 5.17 Å². The summed E-state index contributed by atoms with van der Waals surface area (Å²) in [6, 6.07) is 0. The first kappa shape index (κ1) is 29.5. The second-order valence-corrected chi connectivity index (χ2v) is 9.51. The Bertz CT molecular complexity index is 444. The van der Waals surface area contributed by atoms with Crippen molar-refractivity contribution in [2.75, 3.05) is 7.05 Å². The average Bonchev–Trinajstić information content (AvgIpc) is 2.74. The van der Waals surface area contributed by atoms with Gasteiger partial charge in [0.05, 0.1) is 0 Å². The molecule has 0 aromatic carbocycles. The molecule has 176 valence electrons. The Balaban J connectivity index is 4.05. The van der Waals surface area contributed by atoms with Crippen molar-refractivity contribution in [1.29, 1.82) is 0 Å². The summed E-state index contributed by atoms with van der Waals surface area (Å²) in [4.78, 5) is 4.47. The Kier molecular flexibility index (Phi) is 22.9. The summed E-state index contributed by atoms with van der Waals surface area (Å²) >= 11 is 6.29. The largest absolute Gasteiger partial charge is 0.372 e. The minimum Gasteiger partial charge on any atom is -0.372 e. The molecule has 0 rings (SSSR count). The maximum absolute atomic E-state index is 10.4. The van der Waals surface area contributed by atoms with Crippen molar-refractivity contribution in [2.24, 2.45) is 10.1 Å². The number of aliphatic hydroxyl groups excluding tert-OH is 1. The van der Waals surface area contributed by atoms with Crippen molar-refractivity contribution in [2.45, 2.75) is 129 Å². The Hall–Kier alpha value is -0.460. The van der Waals surface area contributed by atoms with E-state index in [2.05, 4.69) is 23.9 Å². The number of nitrogens with zero attached hydrogens (tertiary/aromatic N) is 3. The highest BCUT2D eigenvalue weighted by Crippen LogP contribution is 2.13. The Morgan fingerprint density at radius 2 is 1.37 bits per heavy atom. The van der Waals surface area contributed by atoms with E-state index in [4.69, 9.17) is 12.2 Å². The van der Waals surface area contributed by atoms with E-state index in [1.54, 1.807) is 9.71 Å². The molecule has 0 heterocycles. The zero-order valence-electron chi connectivity index (χ0n) is 19.9. The van der Waals surface area contributed by atoms with Gasteiger partial charge in [-0.25, -0.2) is 4.99 Å². The number of hydrazone groups is 1. The van der Waals surface area contributed by atoms with Crippen LogP contribution in [-0.4, -0.2) is 39.5 Å². The third-order valence-electron chi connectivity index (χ3n) is 5.28. The number of hydrogen-bond acceptors (Lipinski definition) is 5. The van der Waals surface area contributed by atoms with Gasteiger partial charge in [-0.1, -0.05) is 110 Å². The molecule has 0 aliphatic carbocycles. The molecule has 0 aromatic heterocycles. The third kappa shape index (κ3) is 19.5. The van der Waals surface area contributed by atoms with E-state index in [9.17, 15) is 5.11 Å². The van der Waals surface area contributed by atoms with Gasteiger partial charge in [0.15, 0.2) is 0 Å². The number of rotatable bonds is 20. The molecule has 0 radical (unpaired) electrons. The van der Waals surface area contributed by atoms with E-state index < -0.39 is 6.23 Å². The van der Waals surface area contributed by atoms with Crippen LogP contribution in [0.25, 0.3) is 0 Å². The van der Waals surface area contributed by atoms with Gasteiger partial charge < -0.3 is 5.11 Å². The van der Waals surface area contributed by atoms with Crippen molar-refractivity contribution in [1.82, 2.24) is 5.01 Å². The fourth-order valence-corrected chi connectivity index (χ4v) is 3.96. The van der Waals surface area contributed by atoms with E-state index in [-0.39, 0.29) is 0 Å². The maximum atomic E-state index is 10.4. The van der Waals surface area contributed by atoms with Gasteiger partial charge in [0.1, 0.15) is 6.23 Å². The fraction of sp³-hybridized carbons (Fsp3) is 0.875. The van der Waals surface area contributed by atoms with Gasteiger partial charge in [0.2, 0.25) is 5.17 Å². The van der Waals surface area contributed by atoms with E-state index in [1.807, 2.05) is 13.3 Å². The number of aliphatic imine (C=N–C) groups is 1. The number of thioether (sulfide) groups is 1. The van der Waals surface area contributed by atoms with Crippen LogP contribution in [0, 0.1) is 0 Å². The van der Waals surface area contributed by atoms with Crippen LogP contribution in [0.4, 0.5) is 0 Å². The van der Waals surface area contributed by atoms with Crippen LogP contribution in [0.15, 0.2) is 10.1 Å². The molecule has 0 saturated carbocycles. The Morgan fingerprint density at radius 1 is 0.867 bits per heavy atom. The summed E-state index contributed by atoms with van der Waals surface area (Å²) in [5.74, 6) is 0. The van der Waals surface area contributed by atoms with Crippen LogP contribution in [0.2, 0.25) is 0 Å². The molecular formula is C24H47N3OS2. The third-order valence-corrected chi connectivity index (χ3v) is 6.07. The first-order valence-corrected chi connectivity index (χ1v) is 13.6. The standard InChI is InChI=1S/C24H47N3OS2/c1-4-6-8-10-12-14-16-18-20-23(28)27(3)26-24(30-22-29)25-21-19-17-15-13-11-9-7-5-2/h21-23,28H,4-20H2,1-3H3/b25-21+,26-24-. The second-order valence-electron chi connectivity index (χ2n) is 8.14. The normalized spacial score (nSPS) is 13.1. The number of amidine groups is 1. The zero-order valence-corrected chi connectivity index (χ0v) is 21.5. The topological polar surface area (TPSA) is 48.2 Å². The maximum Gasteiger partial charge on any atom is 0.211 e. The smallest absolute Gasteiger partial charge is 0.211 e. The van der Waals surface area contributed by atoms with Crippen LogP contribution >= 0.6 is 24.0 Å². The van der Waals surface area contributed by atoms with E-state index >= 15 is 0 Å². The van der Waals surface area contributed by atoms with Gasteiger partial charge in [-0.05, 0) is 37.4 Å². The van der Waals surface area contributed by atoms with Gasteiger partial charge in [-0.2, -0.15) is 0 Å². The molecule has 0 spiro atoms. The molecule has 0 bridgehead atoms. The number of aliphatic hydroxyl groups is 1. The lowest BCUT2D eigenvalue weighted by atomic mass is 10.1. The summed E-state index contributed by atoms with van der Waals surface area (Å²) in [6.07, 6.45) is 22.3. The van der Waals surface area contributed by atoms with Crippen molar-refractivity contribution in [3.05, 3.63) is 0 Å². The lowest BCUT2D eigenvalue weighted by molar-refractivity contribution is 0.0157. The first-order chi connectivity index (χ1) is 14.7. The summed E-state index contributed by atoms with van der Waals surface area (Å²) in [5, 5.41) is 17.0. The molecule has 30 heavy (non-hydrogen) atoms. The minimum absolute atomic E-state index is 0.566. The van der Waals surface area contributed by atoms with Crippen LogP contribution in [0.5, 0.6) is 0 Å². The highest BCUT2D eigenvalue weighted by atomic mass is 32.2. The molecule has 1 N–H and O–H groups in total. The van der Waals surface area contributed by atoms with Crippen LogP contribution in [0.1, 0.15) is 123 Å². The number of hydrogen-bond donors (Lipinski definition) is 1. The molecule has 4 nitrogen and oxygen atoms in total. The quantitative estimate of drug-likeness (QED) is 0.0503. The van der Waals surface area contributed by atoms with Gasteiger partial charge in [-0.3, -0.25) is 5.01 Å². The zero-order chi connectivity index (χ0) is 22.3. The minimum atomic E-state index is -0.566. The highest BCUT2D eigenvalue weighted by Gasteiger charge is 2.10. The lowest BCUT2D eigenvalue weighted by Crippen LogP contribution is -2.27. The number of thiocarbonyl (C=S) groups is 1. The molecule has 1 atom stereocenters. The molecule has 0 amide bonds. The predicted octanol–water partition coefficient (Wildman–Crippen LogP) is 7.94. The second kappa shape index (κ2) is 23.2. The first-order valence-electron chi connectivity index (χ1n) is 12.3. The molecule has 0 aromatic rings. The van der Waals surface area contributed by atoms with Gasteiger partial charge in [0, 0.05) is 18.0 Å². The van der Waals surface area contributed by atoms with Gasteiger partial charge >= 0.3 is 0 Å². The van der Waals surface area contributed by atoms with Crippen LogP contribution < -0.4 is 0 Å². The van der Waals surface area contributed by atoms with Crippen LogP contribution in [-0.2, 0) is 0 Å². The molecule has 0 aliphatic heterocycles. The van der Waals surface area contributed by atoms with Crippen LogP contribution in [0.3, 0.4) is 0 Å². The average molecular weight is 458 g/mol. The van der Waals surface area contributed by atoms with Crippen molar-refractivity contribution >= 4 is 40.1 Å². The van der Waals surface area contributed by atoms with Gasteiger partial charge in [-0.15, -0.1) is 5.10 Å². The lowest BCUT2D eigenvalue weighted by Gasteiger charge is -2.20. The molecule has 0 aliphatic rings. The summed E-state index contributed by atoms with van der Waals surface area (Å²) < 4.78 is 1.57. The Morgan fingerprint density at radius 3 is 1.90 bits per heavy atom. The highest BCUT2D eigenvalue weighted by molar-refractivity contribution is 8.31. The molecule has 6 heteroatoms. The molecule has 0 fully saturated rings. The monoisotopic (exact) mass is 457 g/mol. The summed E-state index contributed by atoms with van der Waals surface area (Å²) in [5.41, 5.74) is 0. The predicted molar refractivity (Wildman–Crippen MR) is 141 cm³/mol. The molecule has 1 unspecified atom stereocenters. The Labute approximate surface area is 196 Å². The molecular weight excluding hydrogens is 410 g/mol. The van der Waals surface area contributed by atoms with Crippen molar-refractivity contribution < 1.29 is 5.11 Å². The van der Waals surface area contributed by atoms with Crippen molar-refractivity contribution in [3.63, 3.8) is 0 Å². The van der Waals surface area contributed by atoms with E-state index in [0.717, 1.165) is 19.3 Å². The van der Waals surface area contributed by atoms with E-state index in [1.165, 1.54) is 102 Å². The number of unbranched alkanes of at least 4 members (excludes halogenated alkanes) is 14. The SMILES string of the molecule is CCCCCCCCC/C=N/C(=N/N(C)C(O)CCCCCCCCCC)SC=S.